The average molecular weight is 259 g/mol. The van der Waals surface area contributed by atoms with E-state index in [-0.39, 0.29) is 11.5 Å². The number of nitrogens with zero attached hydrogens (tertiary/aromatic N) is 3. The van der Waals surface area contributed by atoms with Crippen LogP contribution >= 0.6 is 12.2 Å². The molecule has 0 aliphatic heterocycles. The molecule has 0 radical (unpaired) electrons. The first-order valence-corrected chi connectivity index (χ1v) is 5.20. The maximum absolute atomic E-state index is 11.7. The second-order valence-electron chi connectivity index (χ2n) is 3.37. The van der Waals surface area contributed by atoms with Crippen LogP contribution in [-0.4, -0.2) is 16.0 Å². The van der Waals surface area contributed by atoms with Crippen molar-refractivity contribution in [3.8, 4) is 12.1 Å². The highest BCUT2D eigenvalue weighted by molar-refractivity contribution is 7.80. The minimum Gasteiger partial charge on any atom is -0.375 e. The number of hydrazine groups is 1. The molecule has 0 heterocycles. The van der Waals surface area contributed by atoms with Crippen LogP contribution in [-0.2, 0) is 11.2 Å². The molecule has 1 amide bonds. The van der Waals surface area contributed by atoms with Gasteiger partial charge in [0.05, 0.1) is 29.7 Å². The molecule has 1 aromatic rings. The second kappa shape index (κ2) is 5.73. The molecule has 6 nitrogen and oxygen atoms in total. The standard InChI is InChI=1S/C11H9N5OS/c12-5-7-1-2-8(6-13)9(3-7)4-10(17)16(15)11(14)18/h1-3H,4,15H2,(H2,14,18). The Hall–Kier alpha value is -2.48. The summed E-state index contributed by atoms with van der Waals surface area (Å²) in [7, 11) is 0. The van der Waals surface area contributed by atoms with E-state index in [0.717, 1.165) is 0 Å². The number of amides is 1. The lowest BCUT2D eigenvalue weighted by atomic mass is 10.0. The van der Waals surface area contributed by atoms with Crippen molar-refractivity contribution >= 4 is 23.2 Å². The van der Waals surface area contributed by atoms with Gasteiger partial charge in [0.15, 0.2) is 5.11 Å². The van der Waals surface area contributed by atoms with Crippen molar-refractivity contribution in [3.63, 3.8) is 0 Å². The largest absolute Gasteiger partial charge is 0.375 e. The van der Waals surface area contributed by atoms with Crippen molar-refractivity contribution in [1.29, 1.82) is 10.5 Å². The maximum Gasteiger partial charge on any atom is 0.247 e. The summed E-state index contributed by atoms with van der Waals surface area (Å²) in [6, 6.07) is 8.30. The summed E-state index contributed by atoms with van der Waals surface area (Å²) in [5, 5.41) is 18.0. The highest BCUT2D eigenvalue weighted by Gasteiger charge is 2.15. The van der Waals surface area contributed by atoms with E-state index in [9.17, 15) is 4.79 Å². The Bertz CT molecular complexity index is 584. The van der Waals surface area contributed by atoms with Crippen molar-refractivity contribution in [1.82, 2.24) is 5.01 Å². The van der Waals surface area contributed by atoms with Crippen LogP contribution in [0.4, 0.5) is 0 Å². The van der Waals surface area contributed by atoms with Crippen molar-refractivity contribution in [3.05, 3.63) is 34.9 Å². The molecular formula is C11H9N5OS. The van der Waals surface area contributed by atoms with Gasteiger partial charge in [-0.3, -0.25) is 4.79 Å². The minimum atomic E-state index is -0.547. The van der Waals surface area contributed by atoms with E-state index in [1.165, 1.54) is 18.2 Å². The molecule has 4 N–H and O–H groups in total. The Morgan fingerprint density at radius 1 is 1.39 bits per heavy atom. The number of hydrogen-bond acceptors (Lipinski definition) is 5. The molecule has 7 heteroatoms. The monoisotopic (exact) mass is 259 g/mol. The number of nitrogens with two attached hydrogens (primary N) is 2. The fraction of sp³-hybridized carbons (Fsp3) is 0.0909. The lowest BCUT2D eigenvalue weighted by Crippen LogP contribution is -2.46. The minimum absolute atomic E-state index is 0.147. The van der Waals surface area contributed by atoms with E-state index in [0.29, 0.717) is 21.7 Å². The van der Waals surface area contributed by atoms with Crippen LogP contribution in [0.25, 0.3) is 0 Å². The molecule has 18 heavy (non-hydrogen) atoms. The highest BCUT2D eigenvalue weighted by Crippen LogP contribution is 2.12. The molecule has 1 rings (SSSR count). The Morgan fingerprint density at radius 2 is 2.06 bits per heavy atom. The molecule has 0 spiro atoms. The van der Waals surface area contributed by atoms with Crippen LogP contribution in [0.3, 0.4) is 0 Å². The van der Waals surface area contributed by atoms with Crippen molar-refractivity contribution in [2.75, 3.05) is 0 Å². The summed E-state index contributed by atoms with van der Waals surface area (Å²) in [4.78, 5) is 11.7. The van der Waals surface area contributed by atoms with Crippen molar-refractivity contribution < 1.29 is 4.79 Å². The summed E-state index contributed by atoms with van der Waals surface area (Å²) in [6.07, 6.45) is -0.147. The van der Waals surface area contributed by atoms with Gasteiger partial charge in [0.25, 0.3) is 0 Å². The number of thiocarbonyl (C=S) groups is 1. The van der Waals surface area contributed by atoms with E-state index in [1.54, 1.807) is 0 Å². The summed E-state index contributed by atoms with van der Waals surface area (Å²) in [5.41, 5.74) is 6.28. The third-order valence-electron chi connectivity index (χ3n) is 2.20. The number of rotatable bonds is 2. The fourth-order valence-electron chi connectivity index (χ4n) is 1.29. The Labute approximate surface area is 109 Å². The van der Waals surface area contributed by atoms with Crippen LogP contribution in [0.1, 0.15) is 16.7 Å². The number of hydrogen-bond donors (Lipinski definition) is 2. The van der Waals surface area contributed by atoms with Gasteiger partial charge < -0.3 is 5.73 Å². The number of carbonyl (C=O) groups excluding carboxylic acids is 1. The molecule has 0 aromatic heterocycles. The van der Waals surface area contributed by atoms with Crippen molar-refractivity contribution in [2.24, 2.45) is 11.6 Å². The van der Waals surface area contributed by atoms with Crippen LogP contribution in [0.2, 0.25) is 0 Å². The zero-order valence-corrected chi connectivity index (χ0v) is 10.1. The summed E-state index contributed by atoms with van der Waals surface area (Å²) >= 11 is 4.56. The Balaban J connectivity index is 3.04. The molecule has 90 valence electrons. The molecular weight excluding hydrogens is 250 g/mol. The van der Waals surface area contributed by atoms with Gasteiger partial charge in [0.1, 0.15) is 0 Å². The second-order valence-corrected chi connectivity index (χ2v) is 3.79. The first-order chi connectivity index (χ1) is 8.49. The van der Waals surface area contributed by atoms with Gasteiger partial charge >= 0.3 is 0 Å². The van der Waals surface area contributed by atoms with Gasteiger partial charge in [0, 0.05) is 0 Å². The zero-order chi connectivity index (χ0) is 13.7. The lowest BCUT2D eigenvalue weighted by molar-refractivity contribution is -0.126. The third kappa shape index (κ3) is 3.01. The SMILES string of the molecule is N#Cc1ccc(C#N)c(CC(=O)N(N)C(N)=S)c1. The predicted octanol–water partition coefficient (Wildman–Crippen LogP) is -0.0816. The maximum atomic E-state index is 11.7. The number of benzene rings is 1. The van der Waals surface area contributed by atoms with E-state index in [2.05, 4.69) is 12.2 Å². The van der Waals surface area contributed by atoms with E-state index >= 15 is 0 Å². The lowest BCUT2D eigenvalue weighted by Gasteiger charge is -2.14. The summed E-state index contributed by atoms with van der Waals surface area (Å²) in [6.45, 7) is 0. The van der Waals surface area contributed by atoms with Gasteiger partial charge in [-0.15, -0.1) is 0 Å². The molecule has 1 aromatic carbocycles. The summed E-state index contributed by atoms with van der Waals surface area (Å²) < 4.78 is 0. The molecule has 0 aliphatic rings. The van der Waals surface area contributed by atoms with Gasteiger partial charge in [0.2, 0.25) is 5.91 Å². The van der Waals surface area contributed by atoms with Gasteiger partial charge in [-0.1, -0.05) is 0 Å². The molecule has 0 atom stereocenters. The first-order valence-electron chi connectivity index (χ1n) is 4.79. The Kier molecular flexibility index (Phi) is 4.33. The quantitative estimate of drug-likeness (QED) is 0.331. The molecule has 0 saturated heterocycles. The number of carbonyl (C=O) groups is 1. The fourth-order valence-corrected chi connectivity index (χ4v) is 1.39. The third-order valence-corrected chi connectivity index (χ3v) is 2.40. The average Bonchev–Trinajstić information content (AvgIpc) is 2.37. The molecule has 0 aliphatic carbocycles. The van der Waals surface area contributed by atoms with Gasteiger partial charge in [-0.25, -0.2) is 10.9 Å². The van der Waals surface area contributed by atoms with Crippen LogP contribution in [0.5, 0.6) is 0 Å². The van der Waals surface area contributed by atoms with Gasteiger partial charge in [-0.05, 0) is 36.0 Å². The van der Waals surface area contributed by atoms with E-state index in [1.807, 2.05) is 12.1 Å². The normalized spacial score (nSPS) is 9.06. The van der Waals surface area contributed by atoms with Gasteiger partial charge in [-0.2, -0.15) is 10.5 Å². The smallest absolute Gasteiger partial charge is 0.247 e. The van der Waals surface area contributed by atoms with Crippen LogP contribution < -0.4 is 11.6 Å². The molecule has 0 bridgehead atoms. The van der Waals surface area contributed by atoms with Crippen LogP contribution in [0, 0.1) is 22.7 Å². The molecule has 0 fully saturated rings. The topological polar surface area (TPSA) is 120 Å². The predicted molar refractivity (Wildman–Crippen MR) is 67.4 cm³/mol. The molecule has 0 saturated carbocycles. The van der Waals surface area contributed by atoms with E-state index < -0.39 is 5.91 Å². The van der Waals surface area contributed by atoms with Crippen LogP contribution in [0.15, 0.2) is 18.2 Å². The first kappa shape index (κ1) is 13.6. The number of nitriles is 2. The van der Waals surface area contributed by atoms with E-state index in [4.69, 9.17) is 22.1 Å². The summed E-state index contributed by atoms with van der Waals surface area (Å²) in [5.74, 6) is 4.79. The molecule has 0 unspecified atom stereocenters. The van der Waals surface area contributed by atoms with Crippen molar-refractivity contribution in [2.45, 2.75) is 6.42 Å². The Morgan fingerprint density at radius 3 is 2.56 bits per heavy atom. The zero-order valence-electron chi connectivity index (χ0n) is 9.25. The highest BCUT2D eigenvalue weighted by atomic mass is 32.1.